The first-order valence-electron chi connectivity index (χ1n) is 5.35. The van der Waals surface area contributed by atoms with Crippen molar-refractivity contribution in [3.05, 3.63) is 11.5 Å². The summed E-state index contributed by atoms with van der Waals surface area (Å²) in [7, 11) is 2.13. The predicted octanol–water partition coefficient (Wildman–Crippen LogP) is 1.08. The highest BCUT2D eigenvalue weighted by Crippen LogP contribution is 2.23. The molecule has 2 heterocycles. The van der Waals surface area contributed by atoms with Crippen LogP contribution in [0.15, 0.2) is 6.33 Å². The van der Waals surface area contributed by atoms with Gasteiger partial charge in [0.25, 0.3) is 0 Å². The first-order valence-corrected chi connectivity index (χ1v) is 5.73. The molecule has 0 aliphatic carbocycles. The molecule has 88 valence electrons. The molecule has 1 fully saturated rings. The standard InChI is InChI=1S/C10H16ClN5/c1-16-3-2-7(5-16)4-13-10-8(12)9(11)14-6-15-10/h6-7H,2-5,12H2,1H3,(H,13,14,15). The van der Waals surface area contributed by atoms with Gasteiger partial charge in [-0.1, -0.05) is 11.6 Å². The summed E-state index contributed by atoms with van der Waals surface area (Å²) in [6.07, 6.45) is 2.63. The second-order valence-corrected chi connectivity index (χ2v) is 4.58. The van der Waals surface area contributed by atoms with E-state index < -0.39 is 0 Å². The van der Waals surface area contributed by atoms with Crippen molar-refractivity contribution in [1.29, 1.82) is 0 Å². The Morgan fingerprint density at radius 2 is 2.44 bits per heavy atom. The molecule has 5 nitrogen and oxygen atoms in total. The van der Waals surface area contributed by atoms with Crippen molar-refractivity contribution in [2.75, 3.05) is 37.7 Å². The third-order valence-electron chi connectivity index (χ3n) is 2.88. The van der Waals surface area contributed by atoms with Crippen LogP contribution < -0.4 is 11.1 Å². The van der Waals surface area contributed by atoms with Crippen LogP contribution in [-0.2, 0) is 0 Å². The lowest BCUT2D eigenvalue weighted by atomic mass is 10.1. The maximum Gasteiger partial charge on any atom is 0.157 e. The van der Waals surface area contributed by atoms with E-state index in [-0.39, 0.29) is 0 Å². The molecular weight excluding hydrogens is 226 g/mol. The van der Waals surface area contributed by atoms with Crippen molar-refractivity contribution in [2.24, 2.45) is 5.92 Å². The number of likely N-dealkylation sites (tertiary alicyclic amines) is 1. The molecule has 6 heteroatoms. The zero-order chi connectivity index (χ0) is 11.5. The molecule has 0 radical (unpaired) electrons. The van der Waals surface area contributed by atoms with E-state index in [4.69, 9.17) is 17.3 Å². The first kappa shape index (κ1) is 11.4. The summed E-state index contributed by atoms with van der Waals surface area (Å²) in [6.45, 7) is 3.15. The maximum absolute atomic E-state index is 5.81. The largest absolute Gasteiger partial charge is 0.393 e. The van der Waals surface area contributed by atoms with E-state index in [1.54, 1.807) is 0 Å². The number of nitrogen functional groups attached to an aromatic ring is 1. The first-order chi connectivity index (χ1) is 7.66. The fourth-order valence-electron chi connectivity index (χ4n) is 1.95. The minimum absolute atomic E-state index is 0.307. The molecule has 1 saturated heterocycles. The fourth-order valence-corrected chi connectivity index (χ4v) is 2.08. The van der Waals surface area contributed by atoms with Crippen LogP contribution in [-0.4, -0.2) is 41.5 Å². The van der Waals surface area contributed by atoms with Gasteiger partial charge in [0.1, 0.15) is 12.0 Å². The van der Waals surface area contributed by atoms with E-state index in [9.17, 15) is 0 Å². The summed E-state index contributed by atoms with van der Waals surface area (Å²) in [6, 6.07) is 0. The number of rotatable bonds is 3. The van der Waals surface area contributed by atoms with Gasteiger partial charge in [-0.2, -0.15) is 0 Å². The summed E-state index contributed by atoms with van der Waals surface area (Å²) in [5.74, 6) is 1.28. The lowest BCUT2D eigenvalue weighted by Gasteiger charge is -2.13. The number of nitrogens with one attached hydrogen (secondary N) is 1. The van der Waals surface area contributed by atoms with E-state index in [0.717, 1.165) is 19.6 Å². The number of nitrogens with two attached hydrogens (primary N) is 1. The van der Waals surface area contributed by atoms with Crippen molar-refractivity contribution < 1.29 is 0 Å². The molecule has 0 spiro atoms. The number of aromatic nitrogens is 2. The molecule has 1 unspecified atom stereocenters. The third-order valence-corrected chi connectivity index (χ3v) is 3.18. The quantitative estimate of drug-likeness (QED) is 0.776. The highest BCUT2D eigenvalue weighted by molar-refractivity contribution is 6.32. The Labute approximate surface area is 100 Å². The second-order valence-electron chi connectivity index (χ2n) is 4.22. The number of halogens is 1. The zero-order valence-corrected chi connectivity index (χ0v) is 10.0. The Balaban J connectivity index is 1.92. The van der Waals surface area contributed by atoms with Crippen molar-refractivity contribution in [1.82, 2.24) is 14.9 Å². The topological polar surface area (TPSA) is 67.1 Å². The molecule has 1 atom stereocenters. The molecular formula is C10H16ClN5. The van der Waals surface area contributed by atoms with Crippen molar-refractivity contribution in [2.45, 2.75) is 6.42 Å². The van der Waals surface area contributed by atoms with Crippen LogP contribution in [0.4, 0.5) is 11.5 Å². The monoisotopic (exact) mass is 241 g/mol. The van der Waals surface area contributed by atoms with Gasteiger partial charge < -0.3 is 16.0 Å². The molecule has 1 aromatic rings. The predicted molar refractivity (Wildman–Crippen MR) is 65.5 cm³/mol. The Morgan fingerprint density at radius 1 is 1.62 bits per heavy atom. The second kappa shape index (κ2) is 4.84. The number of anilines is 2. The lowest BCUT2D eigenvalue weighted by Crippen LogP contribution is -2.20. The number of nitrogens with zero attached hydrogens (tertiary/aromatic N) is 3. The molecule has 1 aliphatic rings. The number of hydrogen-bond donors (Lipinski definition) is 2. The zero-order valence-electron chi connectivity index (χ0n) is 9.28. The van der Waals surface area contributed by atoms with Crippen LogP contribution >= 0.6 is 11.6 Å². The van der Waals surface area contributed by atoms with Crippen LogP contribution in [0, 0.1) is 5.92 Å². The van der Waals surface area contributed by atoms with Gasteiger partial charge >= 0.3 is 0 Å². The molecule has 16 heavy (non-hydrogen) atoms. The van der Waals surface area contributed by atoms with Gasteiger partial charge in [-0.05, 0) is 25.9 Å². The highest BCUT2D eigenvalue weighted by atomic mass is 35.5. The minimum atomic E-state index is 0.307. The molecule has 0 saturated carbocycles. The Hall–Kier alpha value is -1.07. The van der Waals surface area contributed by atoms with Crippen LogP contribution in [0.5, 0.6) is 0 Å². The van der Waals surface area contributed by atoms with E-state index in [1.807, 2.05) is 0 Å². The van der Waals surface area contributed by atoms with Gasteiger partial charge in [-0.25, -0.2) is 9.97 Å². The Morgan fingerprint density at radius 3 is 3.12 bits per heavy atom. The van der Waals surface area contributed by atoms with Crippen LogP contribution in [0.1, 0.15) is 6.42 Å². The van der Waals surface area contributed by atoms with Gasteiger partial charge in [0, 0.05) is 13.1 Å². The molecule has 0 amide bonds. The summed E-state index contributed by atoms with van der Waals surface area (Å²) in [5.41, 5.74) is 6.19. The molecule has 1 aromatic heterocycles. The van der Waals surface area contributed by atoms with Crippen LogP contribution in [0.2, 0.25) is 5.15 Å². The van der Waals surface area contributed by atoms with Crippen LogP contribution in [0.3, 0.4) is 0 Å². The Bertz CT molecular complexity index is 370. The lowest BCUT2D eigenvalue weighted by molar-refractivity contribution is 0.399. The maximum atomic E-state index is 5.81. The van der Waals surface area contributed by atoms with Crippen molar-refractivity contribution >= 4 is 23.1 Å². The Kier molecular flexibility index (Phi) is 3.46. The summed E-state index contributed by atoms with van der Waals surface area (Å²) in [5, 5.41) is 3.54. The molecule has 2 rings (SSSR count). The van der Waals surface area contributed by atoms with E-state index in [1.165, 1.54) is 12.7 Å². The minimum Gasteiger partial charge on any atom is -0.393 e. The van der Waals surface area contributed by atoms with Gasteiger partial charge in [0.15, 0.2) is 11.0 Å². The average Bonchev–Trinajstić information content (AvgIpc) is 2.67. The van der Waals surface area contributed by atoms with E-state index >= 15 is 0 Å². The third kappa shape index (κ3) is 2.54. The summed E-state index contributed by atoms with van der Waals surface area (Å²) < 4.78 is 0. The van der Waals surface area contributed by atoms with Gasteiger partial charge in [0.2, 0.25) is 0 Å². The van der Waals surface area contributed by atoms with E-state index in [2.05, 4.69) is 27.2 Å². The molecule has 3 N–H and O–H groups in total. The van der Waals surface area contributed by atoms with Crippen molar-refractivity contribution in [3.63, 3.8) is 0 Å². The van der Waals surface area contributed by atoms with Crippen molar-refractivity contribution in [3.8, 4) is 0 Å². The van der Waals surface area contributed by atoms with Gasteiger partial charge in [-0.3, -0.25) is 0 Å². The van der Waals surface area contributed by atoms with E-state index in [0.29, 0.717) is 22.6 Å². The summed E-state index contributed by atoms with van der Waals surface area (Å²) >= 11 is 5.81. The number of hydrogen-bond acceptors (Lipinski definition) is 5. The SMILES string of the molecule is CN1CCC(CNc2ncnc(Cl)c2N)C1. The van der Waals surface area contributed by atoms with Crippen LogP contribution in [0.25, 0.3) is 0 Å². The molecule has 1 aliphatic heterocycles. The molecule has 0 bridgehead atoms. The smallest absolute Gasteiger partial charge is 0.157 e. The normalized spacial score (nSPS) is 21.2. The molecule has 0 aromatic carbocycles. The van der Waals surface area contributed by atoms with Gasteiger partial charge in [0.05, 0.1) is 0 Å². The summed E-state index contributed by atoms with van der Waals surface area (Å²) in [4.78, 5) is 10.2. The average molecular weight is 242 g/mol. The highest BCUT2D eigenvalue weighted by Gasteiger charge is 2.19. The van der Waals surface area contributed by atoms with Gasteiger partial charge in [-0.15, -0.1) is 0 Å². The fraction of sp³-hybridized carbons (Fsp3) is 0.600.